The van der Waals surface area contributed by atoms with Crippen LogP contribution in [0.25, 0.3) is 11.0 Å². The average Bonchev–Trinajstić information content (AvgIpc) is 3.34. The number of anilines is 1. The molecule has 1 aromatic carbocycles. The predicted octanol–water partition coefficient (Wildman–Crippen LogP) is 4.61. The van der Waals surface area contributed by atoms with E-state index in [4.69, 9.17) is 20.8 Å². The molecule has 0 atom stereocenters. The summed E-state index contributed by atoms with van der Waals surface area (Å²) in [5, 5.41) is 13.7. The van der Waals surface area contributed by atoms with Crippen molar-refractivity contribution >= 4 is 50.8 Å². The average molecular weight is 415 g/mol. The number of amides is 1. The fourth-order valence-electron chi connectivity index (χ4n) is 3.37. The molecule has 4 rings (SSSR count). The van der Waals surface area contributed by atoms with Crippen LogP contribution in [-0.4, -0.2) is 18.5 Å². The Morgan fingerprint density at radius 2 is 2.21 bits per heavy atom. The highest BCUT2D eigenvalue weighted by atomic mass is 35.5. The van der Waals surface area contributed by atoms with Gasteiger partial charge in [-0.1, -0.05) is 23.7 Å². The van der Waals surface area contributed by atoms with Crippen LogP contribution in [0.4, 0.5) is 5.00 Å². The van der Waals surface area contributed by atoms with Crippen LogP contribution in [0.15, 0.2) is 22.6 Å². The molecule has 1 amide bonds. The molecule has 1 aliphatic rings. The number of thiophene rings is 1. The molecule has 3 aromatic rings. The Morgan fingerprint density at radius 1 is 1.39 bits per heavy atom. The normalized spacial score (nSPS) is 12.6. The molecule has 0 saturated heterocycles. The number of para-hydroxylation sites is 1. The van der Waals surface area contributed by atoms with Crippen LogP contribution in [0, 0.1) is 18.3 Å². The molecule has 6 nitrogen and oxygen atoms in total. The number of halogens is 1. The maximum absolute atomic E-state index is 12.4. The summed E-state index contributed by atoms with van der Waals surface area (Å²) >= 11 is 7.50. The molecule has 28 heavy (non-hydrogen) atoms. The highest BCUT2D eigenvalue weighted by Gasteiger charge is 2.24. The monoisotopic (exact) mass is 414 g/mol. The lowest BCUT2D eigenvalue weighted by molar-refractivity contribution is -0.119. The van der Waals surface area contributed by atoms with Gasteiger partial charge in [-0.25, -0.2) is 4.79 Å². The van der Waals surface area contributed by atoms with Crippen LogP contribution >= 0.6 is 22.9 Å². The van der Waals surface area contributed by atoms with E-state index in [1.54, 1.807) is 25.1 Å². The van der Waals surface area contributed by atoms with Crippen LogP contribution < -0.4 is 5.32 Å². The summed E-state index contributed by atoms with van der Waals surface area (Å²) in [5.41, 5.74) is 2.55. The predicted molar refractivity (Wildman–Crippen MR) is 106 cm³/mol. The maximum atomic E-state index is 12.4. The van der Waals surface area contributed by atoms with Gasteiger partial charge in [0.25, 0.3) is 5.91 Å². The van der Waals surface area contributed by atoms with Crippen molar-refractivity contribution in [2.24, 2.45) is 0 Å². The SMILES string of the molecule is Cc1c(C(=O)OCC(=O)Nc2sc3c(c2C#N)CCC3)oc2c(Cl)cccc12. The topological polar surface area (TPSA) is 92.3 Å². The van der Waals surface area contributed by atoms with E-state index in [2.05, 4.69) is 11.4 Å². The lowest BCUT2D eigenvalue weighted by Gasteiger charge is -2.05. The number of rotatable bonds is 4. The Hall–Kier alpha value is -2.82. The summed E-state index contributed by atoms with van der Waals surface area (Å²) in [6.45, 7) is 1.25. The molecule has 2 aromatic heterocycles. The first-order valence-corrected chi connectivity index (χ1v) is 9.88. The van der Waals surface area contributed by atoms with Gasteiger partial charge < -0.3 is 14.5 Å². The highest BCUT2D eigenvalue weighted by Crippen LogP contribution is 2.38. The quantitative estimate of drug-likeness (QED) is 0.629. The van der Waals surface area contributed by atoms with E-state index in [-0.39, 0.29) is 5.76 Å². The van der Waals surface area contributed by atoms with Crippen molar-refractivity contribution in [3.63, 3.8) is 0 Å². The van der Waals surface area contributed by atoms with Gasteiger partial charge >= 0.3 is 5.97 Å². The second-order valence-electron chi connectivity index (χ2n) is 6.47. The Bertz CT molecular complexity index is 1160. The number of fused-ring (bicyclic) bond motifs is 2. The van der Waals surface area contributed by atoms with Crippen LogP contribution in [0.2, 0.25) is 5.02 Å². The summed E-state index contributed by atoms with van der Waals surface area (Å²) in [6, 6.07) is 7.39. The summed E-state index contributed by atoms with van der Waals surface area (Å²) in [4.78, 5) is 25.7. The smallest absolute Gasteiger partial charge is 0.375 e. The van der Waals surface area contributed by atoms with Gasteiger partial charge in [0.15, 0.2) is 12.2 Å². The van der Waals surface area contributed by atoms with E-state index in [1.807, 2.05) is 0 Å². The number of carbonyl (C=O) groups is 2. The minimum atomic E-state index is -0.742. The third-order valence-electron chi connectivity index (χ3n) is 4.72. The summed E-state index contributed by atoms with van der Waals surface area (Å²) in [7, 11) is 0. The molecule has 0 unspecified atom stereocenters. The number of nitrogens with one attached hydrogen (secondary N) is 1. The molecule has 1 N–H and O–H groups in total. The van der Waals surface area contributed by atoms with Crippen molar-refractivity contribution in [3.05, 3.63) is 50.5 Å². The molecule has 0 bridgehead atoms. The van der Waals surface area contributed by atoms with Gasteiger partial charge in [0.05, 0.1) is 10.6 Å². The van der Waals surface area contributed by atoms with Crippen molar-refractivity contribution in [2.75, 3.05) is 11.9 Å². The standard InChI is InChI=1S/C20H15ClN2O4S/c1-10-11-4-2-6-14(21)18(11)27-17(10)20(25)26-9-16(24)23-19-13(8-22)12-5-3-7-15(12)28-19/h2,4,6H,3,5,7,9H2,1H3,(H,23,24). The van der Waals surface area contributed by atoms with E-state index in [0.717, 1.165) is 35.1 Å². The Kier molecular flexibility index (Phi) is 4.84. The second kappa shape index (κ2) is 7.30. The lowest BCUT2D eigenvalue weighted by atomic mass is 10.1. The number of furan rings is 1. The van der Waals surface area contributed by atoms with E-state index in [0.29, 0.717) is 26.7 Å². The van der Waals surface area contributed by atoms with Gasteiger partial charge in [-0.05, 0) is 37.8 Å². The summed E-state index contributed by atoms with van der Waals surface area (Å²) < 4.78 is 10.6. The molecule has 0 spiro atoms. The zero-order chi connectivity index (χ0) is 19.8. The fourth-order valence-corrected chi connectivity index (χ4v) is 4.84. The molecule has 0 fully saturated rings. The summed E-state index contributed by atoms with van der Waals surface area (Å²) in [5.74, 6) is -1.23. The van der Waals surface area contributed by atoms with Gasteiger partial charge in [-0.15, -0.1) is 11.3 Å². The van der Waals surface area contributed by atoms with Gasteiger partial charge in [0.1, 0.15) is 11.1 Å². The minimum absolute atomic E-state index is 0.0173. The Balaban J connectivity index is 1.45. The minimum Gasteiger partial charge on any atom is -0.450 e. The number of carbonyl (C=O) groups excluding carboxylic acids is 2. The number of esters is 1. The first-order chi connectivity index (χ1) is 13.5. The molecule has 0 saturated carbocycles. The van der Waals surface area contributed by atoms with Crippen LogP contribution in [0.3, 0.4) is 0 Å². The number of benzene rings is 1. The van der Waals surface area contributed by atoms with Gasteiger partial charge in [-0.2, -0.15) is 5.26 Å². The highest BCUT2D eigenvalue weighted by molar-refractivity contribution is 7.16. The van der Waals surface area contributed by atoms with E-state index in [1.165, 1.54) is 11.3 Å². The number of hydrogen-bond donors (Lipinski definition) is 1. The van der Waals surface area contributed by atoms with Crippen molar-refractivity contribution in [2.45, 2.75) is 26.2 Å². The second-order valence-corrected chi connectivity index (χ2v) is 7.98. The van der Waals surface area contributed by atoms with Crippen molar-refractivity contribution in [3.8, 4) is 6.07 Å². The van der Waals surface area contributed by atoms with Crippen LogP contribution in [0.5, 0.6) is 0 Å². The van der Waals surface area contributed by atoms with Crippen molar-refractivity contribution in [1.29, 1.82) is 5.26 Å². The zero-order valence-electron chi connectivity index (χ0n) is 14.9. The molecule has 2 heterocycles. The third-order valence-corrected chi connectivity index (χ3v) is 6.23. The van der Waals surface area contributed by atoms with Gasteiger partial charge in [-0.3, -0.25) is 4.79 Å². The molecule has 0 aliphatic heterocycles. The first kappa shape index (κ1) is 18.5. The number of ether oxygens (including phenoxy) is 1. The van der Waals surface area contributed by atoms with Crippen LogP contribution in [0.1, 0.15) is 38.5 Å². The summed E-state index contributed by atoms with van der Waals surface area (Å²) in [6.07, 6.45) is 2.81. The lowest BCUT2D eigenvalue weighted by Crippen LogP contribution is -2.21. The van der Waals surface area contributed by atoms with E-state index in [9.17, 15) is 14.9 Å². The van der Waals surface area contributed by atoms with E-state index >= 15 is 0 Å². The zero-order valence-corrected chi connectivity index (χ0v) is 16.5. The molecule has 1 aliphatic carbocycles. The van der Waals surface area contributed by atoms with Gasteiger partial charge in [0, 0.05) is 15.8 Å². The fraction of sp³-hybridized carbons (Fsp3) is 0.250. The number of aryl methyl sites for hydroxylation is 2. The molecular weight excluding hydrogens is 400 g/mol. The number of hydrogen-bond acceptors (Lipinski definition) is 6. The molecular formula is C20H15ClN2O4S. The van der Waals surface area contributed by atoms with E-state index < -0.39 is 18.5 Å². The van der Waals surface area contributed by atoms with Gasteiger partial charge in [0.2, 0.25) is 5.76 Å². The first-order valence-electron chi connectivity index (χ1n) is 8.68. The van der Waals surface area contributed by atoms with Crippen molar-refractivity contribution < 1.29 is 18.7 Å². The maximum Gasteiger partial charge on any atom is 0.375 e. The van der Waals surface area contributed by atoms with Crippen molar-refractivity contribution in [1.82, 2.24) is 0 Å². The molecule has 0 radical (unpaired) electrons. The molecule has 8 heteroatoms. The largest absolute Gasteiger partial charge is 0.450 e. The molecule has 142 valence electrons. The Labute approximate surface area is 169 Å². The van der Waals surface area contributed by atoms with Crippen LogP contribution in [-0.2, 0) is 22.4 Å². The third kappa shape index (κ3) is 3.15. The Morgan fingerprint density at radius 3 is 2.96 bits per heavy atom. The number of nitriles is 1. The number of nitrogens with zero attached hydrogens (tertiary/aromatic N) is 1.